The number of amides is 2. The number of nitrogens with one attached hydrogen (secondary N) is 2. The summed E-state index contributed by atoms with van der Waals surface area (Å²) in [6, 6.07) is 9.10. The largest absolute Gasteiger partial charge is 0.508 e. The van der Waals surface area contributed by atoms with E-state index in [9.17, 15) is 19.5 Å². The zero-order valence-corrected chi connectivity index (χ0v) is 21.8. The second-order valence-electron chi connectivity index (χ2n) is 8.43. The number of carbonyl (C=O) groups is 3. The maximum Gasteiger partial charge on any atom is 0.408 e. The molecule has 0 saturated heterocycles. The number of ether oxygens (including phenoxy) is 3. The van der Waals surface area contributed by atoms with Gasteiger partial charge < -0.3 is 30.0 Å². The fraction of sp³-hybridized carbons (Fsp3) is 0.375. The number of aromatic hydroxyl groups is 1. The van der Waals surface area contributed by atoms with Crippen LogP contribution in [0.15, 0.2) is 42.5 Å². The first-order valence-corrected chi connectivity index (χ1v) is 11.5. The Bertz CT molecular complexity index is 1020. The van der Waals surface area contributed by atoms with Crippen LogP contribution in [0.25, 0.3) is 0 Å². The highest BCUT2D eigenvalue weighted by Gasteiger charge is 2.30. The lowest BCUT2D eigenvalue weighted by Gasteiger charge is -2.25. The molecule has 0 fully saturated rings. The Balaban J connectivity index is 2.33. The topological polar surface area (TPSA) is 123 Å². The quantitative estimate of drug-likeness (QED) is 0.321. The van der Waals surface area contributed by atoms with Crippen LogP contribution in [0.3, 0.4) is 0 Å². The summed E-state index contributed by atoms with van der Waals surface area (Å²) < 4.78 is 16.2. The number of benzene rings is 2. The molecule has 9 nitrogen and oxygen atoms in total. The normalized spacial score (nSPS) is 12.8. The van der Waals surface area contributed by atoms with Gasteiger partial charge in [-0.2, -0.15) is 0 Å². The van der Waals surface area contributed by atoms with Crippen LogP contribution in [-0.2, 0) is 25.5 Å². The van der Waals surface area contributed by atoms with Gasteiger partial charge in [-0.25, -0.2) is 9.59 Å². The third-order valence-electron chi connectivity index (χ3n) is 4.61. The van der Waals surface area contributed by atoms with Gasteiger partial charge in [-0.3, -0.25) is 4.79 Å². The monoisotopic (exact) mass is 584 g/mol. The molecule has 184 valence electrons. The molecule has 0 aromatic heterocycles. The predicted octanol–water partition coefficient (Wildman–Crippen LogP) is 3.47. The van der Waals surface area contributed by atoms with E-state index in [2.05, 4.69) is 33.2 Å². The van der Waals surface area contributed by atoms with Crippen molar-refractivity contribution in [2.45, 2.75) is 44.9 Å². The third-order valence-corrected chi connectivity index (χ3v) is 5.45. The van der Waals surface area contributed by atoms with E-state index >= 15 is 0 Å². The summed E-state index contributed by atoms with van der Waals surface area (Å²) in [5.74, 6) is -0.582. The Hall–Kier alpha value is -3.02. The fourth-order valence-electron chi connectivity index (χ4n) is 3.05. The van der Waals surface area contributed by atoms with Crippen LogP contribution in [0.4, 0.5) is 4.79 Å². The summed E-state index contributed by atoms with van der Waals surface area (Å²) in [5, 5.41) is 14.7. The van der Waals surface area contributed by atoms with E-state index in [0.717, 1.165) is 3.57 Å². The molecule has 2 rings (SSSR count). The molecule has 0 aliphatic heterocycles. The summed E-state index contributed by atoms with van der Waals surface area (Å²) in [7, 11) is 2.76. The molecule has 0 heterocycles. The minimum absolute atomic E-state index is 0.0816. The first kappa shape index (κ1) is 27.2. The average Bonchev–Trinajstić information content (AvgIpc) is 2.76. The average molecular weight is 584 g/mol. The number of hydrogen-bond acceptors (Lipinski definition) is 7. The van der Waals surface area contributed by atoms with Gasteiger partial charge in [-0.15, -0.1) is 0 Å². The van der Waals surface area contributed by atoms with Crippen LogP contribution < -0.4 is 15.4 Å². The number of phenolic OH excluding ortho intramolecular Hbond substituents is 1. The molecular formula is C24H29IN2O7. The summed E-state index contributed by atoms with van der Waals surface area (Å²) >= 11 is 2.06. The first-order valence-electron chi connectivity index (χ1n) is 10.4. The van der Waals surface area contributed by atoms with Gasteiger partial charge in [0.1, 0.15) is 29.2 Å². The summed E-state index contributed by atoms with van der Waals surface area (Å²) in [4.78, 5) is 38.2. The van der Waals surface area contributed by atoms with Crippen molar-refractivity contribution in [3.05, 3.63) is 57.2 Å². The Morgan fingerprint density at radius 2 is 1.68 bits per heavy atom. The molecule has 3 N–H and O–H groups in total. The number of hydrogen-bond donors (Lipinski definition) is 3. The maximum absolute atomic E-state index is 13.3. The molecule has 2 atom stereocenters. The highest BCUT2D eigenvalue weighted by atomic mass is 127. The number of carbonyl (C=O) groups excluding carboxylic acids is 3. The predicted molar refractivity (Wildman–Crippen MR) is 134 cm³/mol. The van der Waals surface area contributed by atoms with Crippen LogP contribution in [0.1, 0.15) is 37.9 Å². The van der Waals surface area contributed by atoms with Gasteiger partial charge >= 0.3 is 12.1 Å². The van der Waals surface area contributed by atoms with Crippen LogP contribution in [-0.4, -0.2) is 48.9 Å². The first-order chi connectivity index (χ1) is 15.9. The minimum Gasteiger partial charge on any atom is -0.508 e. The molecule has 2 aromatic rings. The summed E-state index contributed by atoms with van der Waals surface area (Å²) in [5.41, 5.74) is 0.401. The molecule has 0 bridgehead atoms. The lowest BCUT2D eigenvalue weighted by Crippen LogP contribution is -2.49. The Morgan fingerprint density at radius 1 is 1.03 bits per heavy atom. The standard InChI is InChI=1S/C24H29IN2O7/c1-24(2,3)34-23(31)27-20(15-8-11-19(32-4)17(25)13-15)21(29)26-18(22(30)33-5)12-14-6-9-16(28)10-7-14/h6-11,13,18,20,28H,12H2,1-5H3,(H,26,29)(H,27,31)/t18-,20+/m0/s1. The van der Waals surface area contributed by atoms with E-state index < -0.39 is 35.7 Å². The minimum atomic E-state index is -1.15. The van der Waals surface area contributed by atoms with Crippen molar-refractivity contribution in [1.29, 1.82) is 0 Å². The van der Waals surface area contributed by atoms with Crippen LogP contribution in [0.5, 0.6) is 11.5 Å². The number of rotatable bonds is 8. The number of alkyl carbamates (subject to hydrolysis) is 1. The molecule has 0 spiro atoms. The van der Waals surface area contributed by atoms with Crippen molar-refractivity contribution in [2.75, 3.05) is 14.2 Å². The van der Waals surface area contributed by atoms with Crippen molar-refractivity contribution in [1.82, 2.24) is 10.6 Å². The second-order valence-corrected chi connectivity index (χ2v) is 9.59. The SMILES string of the molecule is COC(=O)[C@H](Cc1ccc(O)cc1)NC(=O)[C@H](NC(=O)OC(C)(C)C)c1ccc(OC)c(I)c1. The fourth-order valence-corrected chi connectivity index (χ4v) is 3.81. The van der Waals surface area contributed by atoms with Crippen molar-refractivity contribution in [2.24, 2.45) is 0 Å². The molecule has 0 aliphatic carbocycles. The number of esters is 1. The second kappa shape index (κ2) is 11.9. The molecule has 0 aliphatic rings. The molecule has 0 unspecified atom stereocenters. The summed E-state index contributed by atoms with van der Waals surface area (Å²) in [6.07, 6.45) is -0.663. The lowest BCUT2D eigenvalue weighted by molar-refractivity contribution is -0.145. The lowest BCUT2D eigenvalue weighted by atomic mass is 10.0. The van der Waals surface area contributed by atoms with E-state index in [1.165, 1.54) is 26.4 Å². The van der Waals surface area contributed by atoms with E-state index in [1.54, 1.807) is 51.1 Å². The van der Waals surface area contributed by atoms with Gasteiger partial charge in [0, 0.05) is 6.42 Å². The van der Waals surface area contributed by atoms with Crippen molar-refractivity contribution >= 4 is 40.6 Å². The Morgan fingerprint density at radius 3 is 2.21 bits per heavy atom. The molecule has 34 heavy (non-hydrogen) atoms. The zero-order valence-electron chi connectivity index (χ0n) is 19.7. The van der Waals surface area contributed by atoms with E-state index in [-0.39, 0.29) is 12.2 Å². The van der Waals surface area contributed by atoms with Gasteiger partial charge in [-0.05, 0) is 78.8 Å². The molecule has 2 aromatic carbocycles. The number of methoxy groups -OCH3 is 2. The van der Waals surface area contributed by atoms with Crippen LogP contribution in [0, 0.1) is 3.57 Å². The van der Waals surface area contributed by atoms with Gasteiger partial charge in [0.05, 0.1) is 17.8 Å². The zero-order chi connectivity index (χ0) is 25.5. The van der Waals surface area contributed by atoms with Gasteiger partial charge in [0.2, 0.25) is 5.91 Å². The van der Waals surface area contributed by atoms with Crippen molar-refractivity contribution in [3.63, 3.8) is 0 Å². The van der Waals surface area contributed by atoms with Crippen LogP contribution in [0.2, 0.25) is 0 Å². The Kier molecular flexibility index (Phi) is 9.54. The molecule has 0 radical (unpaired) electrons. The molecular weight excluding hydrogens is 555 g/mol. The Labute approximate surface area is 212 Å². The molecule has 2 amide bonds. The third kappa shape index (κ3) is 8.08. The van der Waals surface area contributed by atoms with Crippen molar-refractivity contribution < 1.29 is 33.7 Å². The van der Waals surface area contributed by atoms with Crippen LogP contribution >= 0.6 is 22.6 Å². The van der Waals surface area contributed by atoms with Gasteiger partial charge in [0.25, 0.3) is 0 Å². The van der Waals surface area contributed by atoms with E-state index in [4.69, 9.17) is 14.2 Å². The van der Waals surface area contributed by atoms with Gasteiger partial charge in [-0.1, -0.05) is 18.2 Å². The molecule has 10 heteroatoms. The highest BCUT2D eigenvalue weighted by molar-refractivity contribution is 14.1. The molecule has 0 saturated carbocycles. The highest BCUT2D eigenvalue weighted by Crippen LogP contribution is 2.25. The number of halogens is 1. The van der Waals surface area contributed by atoms with Gasteiger partial charge in [0.15, 0.2) is 0 Å². The summed E-state index contributed by atoms with van der Waals surface area (Å²) in [6.45, 7) is 5.13. The smallest absolute Gasteiger partial charge is 0.408 e. The number of phenols is 1. The van der Waals surface area contributed by atoms with Crippen molar-refractivity contribution in [3.8, 4) is 11.5 Å². The van der Waals surface area contributed by atoms with E-state index in [0.29, 0.717) is 16.9 Å². The maximum atomic E-state index is 13.3. The van der Waals surface area contributed by atoms with E-state index in [1.807, 2.05) is 0 Å².